The molecule has 100 valence electrons. The van der Waals surface area contributed by atoms with Crippen molar-refractivity contribution in [2.45, 2.75) is 13.0 Å². The van der Waals surface area contributed by atoms with Gasteiger partial charge in [0, 0.05) is 5.56 Å². The third-order valence-corrected chi connectivity index (χ3v) is 3.58. The van der Waals surface area contributed by atoms with E-state index in [0.717, 1.165) is 0 Å². The fourth-order valence-corrected chi connectivity index (χ4v) is 2.20. The van der Waals surface area contributed by atoms with Crippen LogP contribution in [0, 0.1) is 11.6 Å². The van der Waals surface area contributed by atoms with Gasteiger partial charge in [0.1, 0.15) is 11.6 Å². The smallest absolute Gasteiger partial charge is 0.131 e. The van der Waals surface area contributed by atoms with Crippen molar-refractivity contribution in [3.8, 4) is 0 Å². The molecule has 2 aromatic carbocycles. The van der Waals surface area contributed by atoms with Crippen molar-refractivity contribution in [3.63, 3.8) is 0 Å². The van der Waals surface area contributed by atoms with Gasteiger partial charge in [0.05, 0.1) is 21.8 Å². The van der Waals surface area contributed by atoms with Gasteiger partial charge >= 0.3 is 0 Å². The average Bonchev–Trinajstić information content (AvgIpc) is 2.35. The zero-order valence-electron chi connectivity index (χ0n) is 10.1. The monoisotopic (exact) mass is 301 g/mol. The van der Waals surface area contributed by atoms with E-state index in [0.29, 0.717) is 15.7 Å². The van der Waals surface area contributed by atoms with Crippen LogP contribution >= 0.6 is 23.2 Å². The standard InChI is InChI=1S/C14H11Cl2F2N/c1-8(13-10(17)5-3-6-11(13)18)19-12-7-2-4-9(15)14(12)16/h2-8,19H,1H3. The number of benzene rings is 2. The minimum Gasteiger partial charge on any atom is -0.377 e. The molecular formula is C14H11Cl2F2N. The SMILES string of the molecule is CC(Nc1cccc(Cl)c1Cl)c1c(F)cccc1F. The Morgan fingerprint density at radius 2 is 1.58 bits per heavy atom. The largest absolute Gasteiger partial charge is 0.377 e. The molecule has 0 fully saturated rings. The Morgan fingerprint density at radius 3 is 2.21 bits per heavy atom. The first-order valence-electron chi connectivity index (χ1n) is 5.65. The lowest BCUT2D eigenvalue weighted by atomic mass is 10.1. The molecule has 0 saturated heterocycles. The van der Waals surface area contributed by atoms with Crippen molar-refractivity contribution < 1.29 is 8.78 Å². The van der Waals surface area contributed by atoms with Crippen LogP contribution in [0.2, 0.25) is 10.0 Å². The van der Waals surface area contributed by atoms with E-state index in [-0.39, 0.29) is 5.56 Å². The quantitative estimate of drug-likeness (QED) is 0.795. The fourth-order valence-electron chi connectivity index (χ4n) is 1.85. The summed E-state index contributed by atoms with van der Waals surface area (Å²) in [5.41, 5.74) is 0.503. The molecule has 5 heteroatoms. The lowest BCUT2D eigenvalue weighted by molar-refractivity contribution is 0.544. The minimum atomic E-state index is -0.599. The van der Waals surface area contributed by atoms with Crippen molar-refractivity contribution in [3.05, 3.63) is 63.6 Å². The molecule has 2 rings (SSSR count). The second kappa shape index (κ2) is 5.76. The van der Waals surface area contributed by atoms with Gasteiger partial charge in [-0.15, -0.1) is 0 Å². The lowest BCUT2D eigenvalue weighted by Crippen LogP contribution is -2.11. The van der Waals surface area contributed by atoms with E-state index < -0.39 is 17.7 Å². The number of hydrogen-bond acceptors (Lipinski definition) is 1. The molecule has 0 aliphatic rings. The molecule has 1 unspecified atom stereocenters. The third kappa shape index (κ3) is 2.99. The predicted molar refractivity (Wildman–Crippen MR) is 74.9 cm³/mol. The van der Waals surface area contributed by atoms with E-state index in [1.807, 2.05) is 0 Å². The maximum absolute atomic E-state index is 13.6. The Labute approximate surface area is 120 Å². The summed E-state index contributed by atoms with van der Waals surface area (Å²) in [5.74, 6) is -1.20. The van der Waals surface area contributed by atoms with E-state index in [4.69, 9.17) is 23.2 Å². The molecule has 0 aliphatic heterocycles. The highest BCUT2D eigenvalue weighted by atomic mass is 35.5. The van der Waals surface area contributed by atoms with Gasteiger partial charge in [0.15, 0.2) is 0 Å². The van der Waals surface area contributed by atoms with Gasteiger partial charge in [-0.25, -0.2) is 8.78 Å². The number of halogens is 4. The van der Waals surface area contributed by atoms with Crippen molar-refractivity contribution in [2.24, 2.45) is 0 Å². The Hall–Kier alpha value is -1.32. The normalized spacial score (nSPS) is 12.3. The van der Waals surface area contributed by atoms with Gasteiger partial charge in [0.25, 0.3) is 0 Å². The molecule has 1 nitrogen and oxygen atoms in total. The molecular weight excluding hydrogens is 291 g/mol. The average molecular weight is 302 g/mol. The van der Waals surface area contributed by atoms with Crippen LogP contribution < -0.4 is 5.32 Å². The van der Waals surface area contributed by atoms with Crippen LogP contribution in [0.5, 0.6) is 0 Å². The second-order valence-electron chi connectivity index (χ2n) is 4.10. The Bertz CT molecular complexity index is 582. The maximum Gasteiger partial charge on any atom is 0.131 e. The summed E-state index contributed by atoms with van der Waals surface area (Å²) < 4.78 is 27.3. The van der Waals surface area contributed by atoms with Crippen molar-refractivity contribution in [1.29, 1.82) is 0 Å². The fraction of sp³-hybridized carbons (Fsp3) is 0.143. The van der Waals surface area contributed by atoms with E-state index in [2.05, 4.69) is 5.32 Å². The number of nitrogens with one attached hydrogen (secondary N) is 1. The number of anilines is 1. The lowest BCUT2D eigenvalue weighted by Gasteiger charge is -2.18. The molecule has 0 amide bonds. The topological polar surface area (TPSA) is 12.0 Å². The van der Waals surface area contributed by atoms with Crippen molar-refractivity contribution >= 4 is 28.9 Å². The molecule has 1 atom stereocenters. The van der Waals surface area contributed by atoms with Gasteiger partial charge in [-0.1, -0.05) is 35.3 Å². The van der Waals surface area contributed by atoms with Gasteiger partial charge in [-0.3, -0.25) is 0 Å². The Morgan fingerprint density at radius 1 is 1.00 bits per heavy atom. The van der Waals surface area contributed by atoms with Crippen LogP contribution in [-0.2, 0) is 0 Å². The van der Waals surface area contributed by atoms with Gasteiger partial charge in [-0.05, 0) is 31.2 Å². The number of rotatable bonds is 3. The van der Waals surface area contributed by atoms with E-state index in [9.17, 15) is 8.78 Å². The van der Waals surface area contributed by atoms with Crippen molar-refractivity contribution in [2.75, 3.05) is 5.32 Å². The molecule has 0 radical (unpaired) electrons. The van der Waals surface area contributed by atoms with Crippen LogP contribution in [0.25, 0.3) is 0 Å². The number of hydrogen-bond donors (Lipinski definition) is 1. The first kappa shape index (κ1) is 14.1. The van der Waals surface area contributed by atoms with Crippen LogP contribution in [0.3, 0.4) is 0 Å². The van der Waals surface area contributed by atoms with Crippen LogP contribution in [-0.4, -0.2) is 0 Å². The first-order chi connectivity index (χ1) is 9.00. The summed E-state index contributed by atoms with van der Waals surface area (Å²) in [6.45, 7) is 1.65. The summed E-state index contributed by atoms with van der Waals surface area (Å²) in [6.07, 6.45) is 0. The first-order valence-corrected chi connectivity index (χ1v) is 6.40. The van der Waals surface area contributed by atoms with Crippen molar-refractivity contribution in [1.82, 2.24) is 0 Å². The maximum atomic E-state index is 13.6. The van der Waals surface area contributed by atoms with Gasteiger partial charge in [-0.2, -0.15) is 0 Å². The highest BCUT2D eigenvalue weighted by Gasteiger charge is 2.17. The molecule has 19 heavy (non-hydrogen) atoms. The highest BCUT2D eigenvalue weighted by molar-refractivity contribution is 6.43. The zero-order chi connectivity index (χ0) is 14.0. The van der Waals surface area contributed by atoms with Crippen LogP contribution in [0.1, 0.15) is 18.5 Å². The summed E-state index contributed by atoms with van der Waals surface area (Å²) >= 11 is 11.9. The molecule has 0 aromatic heterocycles. The predicted octanol–water partition coefficient (Wildman–Crippen LogP) is 5.44. The summed E-state index contributed by atoms with van der Waals surface area (Å²) in [7, 11) is 0. The molecule has 0 saturated carbocycles. The highest BCUT2D eigenvalue weighted by Crippen LogP contribution is 2.32. The summed E-state index contributed by atoms with van der Waals surface area (Å²) in [4.78, 5) is 0. The minimum absolute atomic E-state index is 0.0291. The summed E-state index contributed by atoms with van der Waals surface area (Å²) in [6, 6.07) is 8.24. The molecule has 0 bridgehead atoms. The van der Waals surface area contributed by atoms with Crippen LogP contribution in [0.15, 0.2) is 36.4 Å². The molecule has 2 aromatic rings. The Kier molecular flexibility index (Phi) is 4.27. The van der Waals surface area contributed by atoms with E-state index >= 15 is 0 Å². The van der Waals surface area contributed by atoms with Gasteiger partial charge < -0.3 is 5.32 Å². The van der Waals surface area contributed by atoms with Gasteiger partial charge in [0.2, 0.25) is 0 Å². The second-order valence-corrected chi connectivity index (χ2v) is 4.89. The molecule has 0 heterocycles. The van der Waals surface area contributed by atoms with E-state index in [1.165, 1.54) is 18.2 Å². The molecule has 1 N–H and O–H groups in total. The zero-order valence-corrected chi connectivity index (χ0v) is 11.6. The Balaban J connectivity index is 2.31. The third-order valence-electron chi connectivity index (χ3n) is 2.76. The van der Waals surface area contributed by atoms with E-state index in [1.54, 1.807) is 25.1 Å². The molecule has 0 aliphatic carbocycles. The van der Waals surface area contributed by atoms with Crippen LogP contribution in [0.4, 0.5) is 14.5 Å². The summed E-state index contributed by atoms with van der Waals surface area (Å²) in [5, 5.41) is 3.66. The molecule has 0 spiro atoms.